The lowest BCUT2D eigenvalue weighted by Crippen LogP contribution is -2.31. The van der Waals surface area contributed by atoms with E-state index in [0.29, 0.717) is 37.3 Å². The average Bonchev–Trinajstić information content (AvgIpc) is 3.54. The van der Waals surface area contributed by atoms with Crippen LogP contribution in [0, 0.1) is 6.92 Å². The zero-order valence-corrected chi connectivity index (χ0v) is 20.3. The maximum absolute atomic E-state index is 13.7. The van der Waals surface area contributed by atoms with Gasteiger partial charge in [0.2, 0.25) is 5.78 Å². The zero-order chi connectivity index (χ0) is 24.1. The van der Waals surface area contributed by atoms with Gasteiger partial charge in [0.1, 0.15) is 6.04 Å². The van der Waals surface area contributed by atoms with Gasteiger partial charge in [-0.25, -0.2) is 0 Å². The number of carbonyl (C=O) groups excluding carboxylic acids is 2. The summed E-state index contributed by atoms with van der Waals surface area (Å²) >= 11 is 13.7. The molecule has 0 radical (unpaired) electrons. The number of methoxy groups -OCH3 is 1. The van der Waals surface area contributed by atoms with Gasteiger partial charge in [-0.2, -0.15) is 0 Å². The molecular weight excluding hydrogens is 497 g/mol. The Morgan fingerprint density at radius 2 is 1.94 bits per heavy atom. The molecule has 0 saturated heterocycles. The summed E-state index contributed by atoms with van der Waals surface area (Å²) in [6.45, 7) is 1.83. The van der Waals surface area contributed by atoms with E-state index in [-0.39, 0.29) is 11.3 Å². The standard InChI is InChI=1S/C25H17Cl2NO5S/c1-12-5-6-14(26)10-16(12)28-21(19-4-3-7-34-19)20(23(30)25(28)31)22(29)17-9-13-8-15(27)11-18(32-2)24(13)33-17/h3-11,21,30H,1-2H3. The van der Waals surface area contributed by atoms with Crippen molar-refractivity contribution in [2.45, 2.75) is 13.0 Å². The number of nitrogens with zero attached hydrogens (tertiary/aromatic N) is 1. The molecule has 2 aromatic heterocycles. The van der Waals surface area contributed by atoms with Crippen molar-refractivity contribution in [3.63, 3.8) is 0 Å². The quantitative estimate of drug-likeness (QED) is 0.293. The highest BCUT2D eigenvalue weighted by Crippen LogP contribution is 2.45. The Hall–Kier alpha value is -3.26. The third kappa shape index (κ3) is 3.57. The molecule has 1 amide bonds. The van der Waals surface area contributed by atoms with Crippen LogP contribution in [0.2, 0.25) is 10.0 Å². The number of hydrogen-bond donors (Lipinski definition) is 1. The molecule has 0 saturated carbocycles. The molecule has 1 aliphatic rings. The number of halogens is 2. The van der Waals surface area contributed by atoms with E-state index in [1.54, 1.807) is 30.3 Å². The molecule has 0 fully saturated rings. The van der Waals surface area contributed by atoms with Gasteiger partial charge < -0.3 is 14.3 Å². The molecule has 0 spiro atoms. The van der Waals surface area contributed by atoms with Crippen molar-refractivity contribution in [2.75, 3.05) is 12.0 Å². The number of rotatable bonds is 5. The number of aliphatic hydroxyl groups excluding tert-OH is 1. The van der Waals surface area contributed by atoms with E-state index >= 15 is 0 Å². The van der Waals surface area contributed by atoms with E-state index in [1.807, 2.05) is 24.4 Å². The van der Waals surface area contributed by atoms with Gasteiger partial charge in [-0.05, 0) is 48.2 Å². The third-order valence-corrected chi connectivity index (χ3v) is 7.06. The molecule has 2 aromatic carbocycles. The molecule has 9 heteroatoms. The SMILES string of the molecule is COc1cc(Cl)cc2cc(C(=O)C3=C(O)C(=O)N(c4cc(Cl)ccc4C)C3c3cccs3)oc12. The minimum Gasteiger partial charge on any atom is -0.503 e. The van der Waals surface area contributed by atoms with Crippen molar-refractivity contribution in [3.05, 3.63) is 91.5 Å². The van der Waals surface area contributed by atoms with Crippen LogP contribution in [0.15, 0.2) is 69.7 Å². The van der Waals surface area contributed by atoms with Crippen LogP contribution in [0.1, 0.15) is 27.0 Å². The second kappa shape index (κ2) is 8.51. The molecule has 1 aliphatic heterocycles. The van der Waals surface area contributed by atoms with Gasteiger partial charge in [0.25, 0.3) is 5.91 Å². The van der Waals surface area contributed by atoms with Crippen molar-refractivity contribution in [2.24, 2.45) is 0 Å². The number of carbonyl (C=O) groups is 2. The Labute approximate surface area is 208 Å². The monoisotopic (exact) mass is 513 g/mol. The first-order valence-corrected chi connectivity index (χ1v) is 11.8. The average molecular weight is 514 g/mol. The van der Waals surface area contributed by atoms with E-state index in [1.165, 1.54) is 29.4 Å². The molecule has 34 heavy (non-hydrogen) atoms. The fourth-order valence-electron chi connectivity index (χ4n) is 4.13. The fourth-order valence-corrected chi connectivity index (χ4v) is 5.33. The number of ether oxygens (including phenoxy) is 1. The van der Waals surface area contributed by atoms with Gasteiger partial charge in [0.05, 0.1) is 12.7 Å². The first-order valence-electron chi connectivity index (χ1n) is 10.2. The van der Waals surface area contributed by atoms with Gasteiger partial charge in [0.15, 0.2) is 22.9 Å². The highest BCUT2D eigenvalue weighted by atomic mass is 35.5. The van der Waals surface area contributed by atoms with Crippen LogP contribution in [-0.4, -0.2) is 23.9 Å². The molecule has 6 nitrogen and oxygen atoms in total. The first-order chi connectivity index (χ1) is 16.3. The van der Waals surface area contributed by atoms with Crippen LogP contribution >= 0.6 is 34.5 Å². The Kier molecular flexibility index (Phi) is 5.64. The fraction of sp³-hybridized carbons (Fsp3) is 0.120. The van der Waals surface area contributed by atoms with Crippen LogP contribution in [0.25, 0.3) is 11.0 Å². The first kappa shape index (κ1) is 22.5. The predicted octanol–water partition coefficient (Wildman–Crippen LogP) is 6.90. The van der Waals surface area contributed by atoms with Crippen LogP contribution in [0.4, 0.5) is 5.69 Å². The molecule has 1 atom stereocenters. The number of benzene rings is 2. The highest BCUT2D eigenvalue weighted by molar-refractivity contribution is 7.10. The van der Waals surface area contributed by atoms with E-state index in [9.17, 15) is 14.7 Å². The highest BCUT2D eigenvalue weighted by Gasteiger charge is 2.46. The zero-order valence-electron chi connectivity index (χ0n) is 18.0. The maximum Gasteiger partial charge on any atom is 0.294 e. The minimum atomic E-state index is -0.851. The second-order valence-electron chi connectivity index (χ2n) is 7.75. The van der Waals surface area contributed by atoms with Gasteiger partial charge in [-0.3, -0.25) is 14.5 Å². The van der Waals surface area contributed by atoms with Crippen molar-refractivity contribution in [3.8, 4) is 5.75 Å². The topological polar surface area (TPSA) is 80.0 Å². The maximum atomic E-state index is 13.7. The molecule has 1 unspecified atom stereocenters. The molecule has 0 bridgehead atoms. The lowest BCUT2D eigenvalue weighted by atomic mass is 9.99. The molecular formula is C25H17Cl2NO5S. The number of thiophene rings is 1. The summed E-state index contributed by atoms with van der Waals surface area (Å²) in [5.41, 5.74) is 1.54. The number of aryl methyl sites for hydroxylation is 1. The van der Waals surface area contributed by atoms with Crippen molar-refractivity contribution in [1.29, 1.82) is 0 Å². The van der Waals surface area contributed by atoms with Crippen molar-refractivity contribution < 1.29 is 23.8 Å². The largest absolute Gasteiger partial charge is 0.503 e. The third-order valence-electron chi connectivity index (χ3n) is 5.69. The molecule has 3 heterocycles. The molecule has 0 aliphatic carbocycles. The number of furan rings is 1. The number of Topliss-reactive ketones (excluding diaryl/α,β-unsaturated/α-hetero) is 1. The Morgan fingerprint density at radius 1 is 1.15 bits per heavy atom. The molecule has 5 rings (SSSR count). The van der Waals surface area contributed by atoms with Crippen molar-refractivity contribution in [1.82, 2.24) is 0 Å². The van der Waals surface area contributed by atoms with Crippen molar-refractivity contribution >= 4 is 62.9 Å². The van der Waals surface area contributed by atoms with Crippen LogP contribution in [0.3, 0.4) is 0 Å². The lowest BCUT2D eigenvalue weighted by Gasteiger charge is -2.27. The minimum absolute atomic E-state index is 0.0452. The van der Waals surface area contributed by atoms with Crippen LogP contribution in [0.5, 0.6) is 5.75 Å². The number of hydrogen-bond acceptors (Lipinski definition) is 6. The predicted molar refractivity (Wildman–Crippen MR) is 132 cm³/mol. The van der Waals surface area contributed by atoms with Gasteiger partial charge in [-0.15, -0.1) is 11.3 Å². The molecule has 1 N–H and O–H groups in total. The number of anilines is 1. The number of ketones is 1. The molecule has 172 valence electrons. The van der Waals surface area contributed by atoms with E-state index in [0.717, 1.165) is 5.56 Å². The number of aliphatic hydroxyl groups is 1. The van der Waals surface area contributed by atoms with E-state index < -0.39 is 23.5 Å². The van der Waals surface area contributed by atoms with Crippen LogP contribution in [-0.2, 0) is 4.79 Å². The summed E-state index contributed by atoms with van der Waals surface area (Å²) in [6, 6.07) is 12.7. The summed E-state index contributed by atoms with van der Waals surface area (Å²) in [7, 11) is 1.47. The van der Waals surface area contributed by atoms with E-state index in [2.05, 4.69) is 0 Å². The van der Waals surface area contributed by atoms with Crippen LogP contribution < -0.4 is 9.64 Å². The number of amides is 1. The van der Waals surface area contributed by atoms with Gasteiger partial charge >= 0.3 is 0 Å². The number of fused-ring (bicyclic) bond motifs is 1. The van der Waals surface area contributed by atoms with E-state index in [4.69, 9.17) is 32.4 Å². The second-order valence-corrected chi connectivity index (χ2v) is 9.60. The van der Waals surface area contributed by atoms with Gasteiger partial charge in [0, 0.05) is 32.1 Å². The molecule has 4 aromatic rings. The summed E-state index contributed by atoms with van der Waals surface area (Å²) in [5.74, 6) is -1.61. The van der Waals surface area contributed by atoms with Gasteiger partial charge in [-0.1, -0.05) is 35.3 Å². The summed E-state index contributed by atoms with van der Waals surface area (Å²) < 4.78 is 11.1. The summed E-state index contributed by atoms with van der Waals surface area (Å²) in [5, 5.41) is 14.2. The Bertz CT molecular complexity index is 1490. The summed E-state index contributed by atoms with van der Waals surface area (Å²) in [4.78, 5) is 29.1. The summed E-state index contributed by atoms with van der Waals surface area (Å²) in [6.07, 6.45) is 0. The Balaban J connectivity index is 1.67. The lowest BCUT2D eigenvalue weighted by molar-refractivity contribution is -0.117. The Morgan fingerprint density at radius 3 is 2.65 bits per heavy atom. The smallest absolute Gasteiger partial charge is 0.294 e. The normalized spacial score (nSPS) is 16.1.